The van der Waals surface area contributed by atoms with Crippen molar-refractivity contribution in [2.45, 2.75) is 12.7 Å². The number of carboxylic acids is 1. The minimum Gasteiger partial charge on any atom is -0.508 e. The number of nitrogens with one attached hydrogen (secondary N) is 1. The minimum absolute atomic E-state index is 0.226. The predicted molar refractivity (Wildman–Crippen MR) is 139 cm³/mol. The number of phenolic OH excluding ortho intramolecular Hbond substituents is 1. The van der Waals surface area contributed by atoms with E-state index in [1.165, 1.54) is 14.6 Å². The number of anilines is 2. The van der Waals surface area contributed by atoms with Crippen LogP contribution in [0.3, 0.4) is 0 Å². The third-order valence-corrected chi connectivity index (χ3v) is 7.94. The molecule has 5 rings (SSSR count). The number of alkyl halides is 3. The number of hydrogen-bond donors (Lipinski definition) is 3. The van der Waals surface area contributed by atoms with Crippen molar-refractivity contribution in [2.24, 2.45) is 0 Å². The Kier molecular flexibility index (Phi) is 8.27. The van der Waals surface area contributed by atoms with Crippen molar-refractivity contribution in [3.63, 3.8) is 0 Å². The summed E-state index contributed by atoms with van der Waals surface area (Å²) in [5.41, 5.74) is 1.73. The van der Waals surface area contributed by atoms with E-state index in [0.29, 0.717) is 0 Å². The molecule has 4 aromatic rings. The first-order valence-corrected chi connectivity index (χ1v) is 12.8. The van der Waals surface area contributed by atoms with Crippen molar-refractivity contribution < 1.29 is 28.2 Å². The number of carbonyl (C=O) groups is 1. The van der Waals surface area contributed by atoms with E-state index in [1.54, 1.807) is 29.8 Å². The van der Waals surface area contributed by atoms with Crippen LogP contribution < -0.4 is 5.32 Å². The minimum atomic E-state index is -5.08. The summed E-state index contributed by atoms with van der Waals surface area (Å²) in [5.74, 6) is -1.77. The van der Waals surface area contributed by atoms with E-state index in [2.05, 4.69) is 50.3 Å². The summed E-state index contributed by atoms with van der Waals surface area (Å²) >= 11 is 3.56. The average Bonchev–Trinajstić information content (AvgIpc) is 3.48. The lowest BCUT2D eigenvalue weighted by Crippen LogP contribution is -2.43. The molecule has 0 aliphatic carbocycles. The maximum absolute atomic E-state index is 10.6. The number of aromatic hydroxyl groups is 1. The van der Waals surface area contributed by atoms with E-state index in [4.69, 9.17) is 9.90 Å². The number of likely N-dealkylation sites (N-methyl/N-ethyl adjacent to an activating group) is 1. The predicted octanol–water partition coefficient (Wildman–Crippen LogP) is 5.25. The number of rotatable bonds is 5. The highest BCUT2D eigenvalue weighted by Crippen LogP contribution is 2.39. The van der Waals surface area contributed by atoms with E-state index in [-0.39, 0.29) is 5.75 Å². The van der Waals surface area contributed by atoms with Gasteiger partial charge in [-0.3, -0.25) is 4.90 Å². The van der Waals surface area contributed by atoms with Crippen molar-refractivity contribution >= 4 is 50.4 Å². The van der Waals surface area contributed by atoms with Crippen LogP contribution in [0, 0.1) is 0 Å². The fourth-order valence-corrected chi connectivity index (χ4v) is 5.79. The zero-order chi connectivity index (χ0) is 26.6. The van der Waals surface area contributed by atoms with Crippen LogP contribution >= 0.6 is 22.7 Å². The van der Waals surface area contributed by atoms with Crippen LogP contribution in [-0.4, -0.2) is 75.4 Å². The number of nitrogens with zero attached hydrogens (tertiary/aromatic N) is 4. The van der Waals surface area contributed by atoms with Crippen molar-refractivity contribution in [3.05, 3.63) is 53.7 Å². The molecule has 0 saturated carbocycles. The van der Waals surface area contributed by atoms with Gasteiger partial charge in [-0.2, -0.15) is 13.2 Å². The number of carboxylic acid groups (broad SMARTS) is 1. The monoisotopic (exact) mass is 551 g/mol. The maximum atomic E-state index is 10.6. The summed E-state index contributed by atoms with van der Waals surface area (Å²) in [5, 5.41) is 20.1. The molecule has 4 heterocycles. The number of thiophene rings is 2. The number of aromatic nitrogens is 2. The van der Waals surface area contributed by atoms with Gasteiger partial charge in [-0.1, -0.05) is 6.07 Å². The number of piperazine rings is 1. The topological polar surface area (TPSA) is 102 Å². The van der Waals surface area contributed by atoms with Crippen LogP contribution in [0.2, 0.25) is 0 Å². The molecule has 0 bridgehead atoms. The van der Waals surface area contributed by atoms with Gasteiger partial charge in [-0.05, 0) is 37.4 Å². The van der Waals surface area contributed by atoms with Crippen molar-refractivity contribution in [1.29, 1.82) is 0 Å². The fraction of sp³-hybridized carbons (Fsp3) is 0.292. The van der Waals surface area contributed by atoms with Crippen LogP contribution in [0.15, 0.2) is 48.8 Å². The quantitative estimate of drug-likeness (QED) is 0.309. The zero-order valence-corrected chi connectivity index (χ0v) is 21.3. The molecule has 1 aromatic carbocycles. The van der Waals surface area contributed by atoms with Gasteiger partial charge >= 0.3 is 12.1 Å². The summed E-state index contributed by atoms with van der Waals surface area (Å²) in [7, 11) is 2.19. The van der Waals surface area contributed by atoms with Gasteiger partial charge < -0.3 is 20.4 Å². The number of benzene rings is 1. The molecule has 1 fully saturated rings. The molecule has 8 nitrogen and oxygen atoms in total. The van der Waals surface area contributed by atoms with Gasteiger partial charge in [0.2, 0.25) is 0 Å². The number of phenols is 1. The van der Waals surface area contributed by atoms with Gasteiger partial charge in [0.25, 0.3) is 0 Å². The van der Waals surface area contributed by atoms with Crippen molar-refractivity contribution in [2.75, 3.05) is 38.5 Å². The van der Waals surface area contributed by atoms with Gasteiger partial charge in [-0.25, -0.2) is 14.8 Å². The maximum Gasteiger partial charge on any atom is 0.490 e. The lowest BCUT2D eigenvalue weighted by molar-refractivity contribution is -0.192. The van der Waals surface area contributed by atoms with Gasteiger partial charge in [0.1, 0.15) is 12.1 Å². The largest absolute Gasteiger partial charge is 0.508 e. The second-order valence-electron chi connectivity index (χ2n) is 8.37. The molecule has 1 aliphatic heterocycles. The Morgan fingerprint density at radius 2 is 1.78 bits per heavy atom. The normalized spacial score (nSPS) is 14.8. The molecule has 13 heteroatoms. The average molecular weight is 552 g/mol. The van der Waals surface area contributed by atoms with Gasteiger partial charge in [0, 0.05) is 59.1 Å². The number of fused-ring (bicyclic) bond motifs is 1. The zero-order valence-electron chi connectivity index (χ0n) is 19.7. The summed E-state index contributed by atoms with van der Waals surface area (Å²) in [6, 6.07) is 13.7. The summed E-state index contributed by atoms with van der Waals surface area (Å²) in [6.45, 7) is 5.57. The molecule has 0 radical (unpaired) electrons. The summed E-state index contributed by atoms with van der Waals surface area (Å²) < 4.78 is 32.8. The van der Waals surface area contributed by atoms with Crippen LogP contribution in [0.5, 0.6) is 5.75 Å². The summed E-state index contributed by atoms with van der Waals surface area (Å²) in [4.78, 5) is 26.6. The third-order valence-electron chi connectivity index (χ3n) is 5.54. The first-order chi connectivity index (χ1) is 17.6. The standard InChI is InChI=1S/C22H23N5OS2.C2HF3O2/c1-26-7-9-27(10-8-26)13-17-5-6-19(29-17)20-12-18-21(30-20)22(24-14-23-18)25-15-3-2-4-16(28)11-15;3-2(4,5)1(6)7/h2-6,11-12,14,28H,7-10,13H2,1H3,(H,23,24,25);(H,6,7). The van der Waals surface area contributed by atoms with E-state index in [1.807, 2.05) is 23.5 Å². The number of aliphatic carboxylic acids is 1. The van der Waals surface area contributed by atoms with Crippen LogP contribution in [0.25, 0.3) is 20.0 Å². The first-order valence-electron chi connectivity index (χ1n) is 11.2. The Labute approximate surface area is 218 Å². The van der Waals surface area contributed by atoms with E-state index >= 15 is 0 Å². The molecule has 0 spiro atoms. The van der Waals surface area contributed by atoms with Crippen molar-refractivity contribution in [3.8, 4) is 15.5 Å². The number of halogens is 3. The molecular weight excluding hydrogens is 527 g/mol. The van der Waals surface area contributed by atoms with Gasteiger partial charge in [-0.15, -0.1) is 22.7 Å². The Morgan fingerprint density at radius 1 is 1.05 bits per heavy atom. The Morgan fingerprint density at radius 3 is 2.46 bits per heavy atom. The molecule has 0 atom stereocenters. The fourth-order valence-electron chi connectivity index (χ4n) is 3.61. The lowest BCUT2D eigenvalue weighted by atomic mass is 10.3. The van der Waals surface area contributed by atoms with Gasteiger partial charge in [0.15, 0.2) is 5.82 Å². The highest BCUT2D eigenvalue weighted by Gasteiger charge is 2.38. The second-order valence-corrected chi connectivity index (χ2v) is 10.6. The molecular formula is C24H24F3N5O3S2. The molecule has 37 heavy (non-hydrogen) atoms. The van der Waals surface area contributed by atoms with Crippen LogP contribution in [0.1, 0.15) is 4.88 Å². The lowest BCUT2D eigenvalue weighted by Gasteiger charge is -2.31. The second kappa shape index (κ2) is 11.4. The molecule has 1 saturated heterocycles. The molecule has 3 N–H and O–H groups in total. The molecule has 3 aromatic heterocycles. The van der Waals surface area contributed by atoms with Crippen molar-refractivity contribution in [1.82, 2.24) is 19.8 Å². The Balaban J connectivity index is 0.000000405. The smallest absolute Gasteiger partial charge is 0.490 e. The highest BCUT2D eigenvalue weighted by atomic mass is 32.1. The van der Waals surface area contributed by atoms with Gasteiger partial charge in [0.05, 0.1) is 10.2 Å². The third kappa shape index (κ3) is 7.16. The molecule has 0 unspecified atom stereocenters. The highest BCUT2D eigenvalue weighted by molar-refractivity contribution is 7.26. The molecule has 1 aliphatic rings. The first kappa shape index (κ1) is 26.8. The molecule has 196 valence electrons. The molecule has 0 amide bonds. The van der Waals surface area contributed by atoms with E-state index in [9.17, 15) is 18.3 Å². The Hall–Kier alpha value is -3.26. The Bertz CT molecular complexity index is 1370. The SMILES string of the molecule is CN1CCN(Cc2ccc(-c3cc4ncnc(Nc5cccc(O)c5)c4s3)s2)CC1.O=C(O)C(F)(F)F. The number of hydrogen-bond acceptors (Lipinski definition) is 9. The van der Waals surface area contributed by atoms with Crippen LogP contribution in [-0.2, 0) is 11.3 Å². The van der Waals surface area contributed by atoms with E-state index in [0.717, 1.165) is 54.4 Å². The van der Waals surface area contributed by atoms with Crippen LogP contribution in [0.4, 0.5) is 24.7 Å². The van der Waals surface area contributed by atoms with E-state index < -0.39 is 12.1 Å². The summed E-state index contributed by atoms with van der Waals surface area (Å²) in [6.07, 6.45) is -3.50.